The van der Waals surface area contributed by atoms with E-state index in [9.17, 15) is 23.1 Å². The Hall–Kier alpha value is -2.70. The van der Waals surface area contributed by atoms with Gasteiger partial charge in [-0.15, -0.1) is 0 Å². The maximum atomic E-state index is 13.1. The first-order valence-electron chi connectivity index (χ1n) is 9.39. The van der Waals surface area contributed by atoms with Crippen LogP contribution in [0.25, 0.3) is 0 Å². The van der Waals surface area contributed by atoms with E-state index in [4.69, 9.17) is 0 Å². The third-order valence-electron chi connectivity index (χ3n) is 5.40. The van der Waals surface area contributed by atoms with Gasteiger partial charge in [0.1, 0.15) is 5.54 Å². The van der Waals surface area contributed by atoms with Crippen molar-refractivity contribution in [1.29, 1.82) is 0 Å². The summed E-state index contributed by atoms with van der Waals surface area (Å²) < 4.78 is 39.4. The third kappa shape index (κ3) is 4.33. The van der Waals surface area contributed by atoms with Crippen molar-refractivity contribution in [3.63, 3.8) is 0 Å². The zero-order chi connectivity index (χ0) is 21.6. The molecule has 2 aromatic rings. The number of anilines is 2. The fourth-order valence-electron chi connectivity index (χ4n) is 3.71. The van der Waals surface area contributed by atoms with Gasteiger partial charge in [0, 0.05) is 11.4 Å². The number of halogens is 3. The van der Waals surface area contributed by atoms with Crippen LogP contribution in [0.15, 0.2) is 42.5 Å². The molecule has 0 aromatic heterocycles. The number of nitrogens with one attached hydrogen (secondary N) is 2. The second kappa shape index (κ2) is 6.97. The number of aliphatic carboxylic acids is 1. The molecule has 7 heteroatoms. The first kappa shape index (κ1) is 21.0. The van der Waals surface area contributed by atoms with Crippen molar-refractivity contribution in [3.05, 3.63) is 59.2 Å². The van der Waals surface area contributed by atoms with Crippen LogP contribution in [0.2, 0.25) is 0 Å². The lowest BCUT2D eigenvalue weighted by atomic mass is 9.73. The van der Waals surface area contributed by atoms with Gasteiger partial charge in [0.15, 0.2) is 0 Å². The monoisotopic (exact) mass is 406 g/mol. The standard InChI is InChI=1S/C22H25F3N2O2/c1-20(2)12-18(26-17-9-8-14(11-16(17)20)22(23,24)25)13-6-5-7-15(10-13)27-21(3,4)19(28)29/h5-11,18,26-27H,12H2,1-4H3,(H,28,29). The van der Waals surface area contributed by atoms with Crippen LogP contribution in [-0.4, -0.2) is 16.6 Å². The fraction of sp³-hybridized carbons (Fsp3) is 0.409. The van der Waals surface area contributed by atoms with Gasteiger partial charge in [-0.2, -0.15) is 13.2 Å². The van der Waals surface area contributed by atoms with Gasteiger partial charge in [0.25, 0.3) is 0 Å². The Bertz CT molecular complexity index is 936. The Labute approximate surface area is 168 Å². The quantitative estimate of drug-likeness (QED) is 0.599. The molecule has 2 aromatic carbocycles. The average Bonchev–Trinajstić information content (AvgIpc) is 2.59. The predicted molar refractivity (Wildman–Crippen MR) is 107 cm³/mol. The maximum absolute atomic E-state index is 13.1. The van der Waals surface area contributed by atoms with Crippen LogP contribution >= 0.6 is 0 Å². The minimum Gasteiger partial charge on any atom is -0.480 e. The van der Waals surface area contributed by atoms with Crippen molar-refractivity contribution in [2.45, 2.75) is 57.3 Å². The summed E-state index contributed by atoms with van der Waals surface area (Å²) in [5.74, 6) is -0.964. The lowest BCUT2D eigenvalue weighted by molar-refractivity contribution is -0.141. The summed E-state index contributed by atoms with van der Waals surface area (Å²) in [5.41, 5.74) is 0.705. The Morgan fingerprint density at radius 1 is 1.17 bits per heavy atom. The van der Waals surface area contributed by atoms with Crippen molar-refractivity contribution in [3.8, 4) is 0 Å². The van der Waals surface area contributed by atoms with Crippen LogP contribution in [0.1, 0.15) is 56.8 Å². The van der Waals surface area contributed by atoms with E-state index in [0.717, 1.165) is 11.6 Å². The number of carboxylic acid groups (broad SMARTS) is 1. The van der Waals surface area contributed by atoms with E-state index in [1.807, 2.05) is 32.0 Å². The molecule has 29 heavy (non-hydrogen) atoms. The molecule has 0 fully saturated rings. The summed E-state index contributed by atoms with van der Waals surface area (Å²) in [5, 5.41) is 15.7. The molecule has 4 nitrogen and oxygen atoms in total. The van der Waals surface area contributed by atoms with E-state index in [1.54, 1.807) is 19.9 Å². The van der Waals surface area contributed by atoms with E-state index in [1.165, 1.54) is 12.1 Å². The molecule has 156 valence electrons. The van der Waals surface area contributed by atoms with Gasteiger partial charge in [0.2, 0.25) is 0 Å². The first-order chi connectivity index (χ1) is 13.3. The molecule has 3 rings (SSSR count). The second-order valence-corrected chi connectivity index (χ2v) is 8.72. The highest BCUT2D eigenvalue weighted by Gasteiger charge is 2.37. The van der Waals surface area contributed by atoms with Crippen LogP contribution in [0, 0.1) is 0 Å². The third-order valence-corrected chi connectivity index (χ3v) is 5.40. The molecule has 1 aliphatic rings. The summed E-state index contributed by atoms with van der Waals surface area (Å²) in [6.45, 7) is 7.04. The number of benzene rings is 2. The molecule has 1 heterocycles. The minimum absolute atomic E-state index is 0.107. The summed E-state index contributed by atoms with van der Waals surface area (Å²) in [6, 6.07) is 11.2. The fourth-order valence-corrected chi connectivity index (χ4v) is 3.71. The molecular formula is C22H25F3N2O2. The molecule has 0 saturated carbocycles. The molecule has 0 spiro atoms. The average molecular weight is 406 g/mol. The molecule has 0 bridgehead atoms. The highest BCUT2D eigenvalue weighted by atomic mass is 19.4. The van der Waals surface area contributed by atoms with E-state index in [0.29, 0.717) is 23.4 Å². The maximum Gasteiger partial charge on any atom is 0.416 e. The zero-order valence-corrected chi connectivity index (χ0v) is 16.8. The number of alkyl halides is 3. The minimum atomic E-state index is -4.38. The molecule has 3 N–H and O–H groups in total. The molecule has 0 amide bonds. The van der Waals surface area contributed by atoms with Crippen molar-refractivity contribution in [1.82, 2.24) is 0 Å². The topological polar surface area (TPSA) is 61.4 Å². The van der Waals surface area contributed by atoms with Gasteiger partial charge >= 0.3 is 12.1 Å². The van der Waals surface area contributed by atoms with Gasteiger partial charge in [-0.25, -0.2) is 4.79 Å². The number of carboxylic acids is 1. The SMILES string of the molecule is CC(C)(Nc1cccc(C2CC(C)(C)c3cc(C(F)(F)F)ccc3N2)c1)C(=O)O. The number of hydrogen-bond acceptors (Lipinski definition) is 3. The smallest absolute Gasteiger partial charge is 0.416 e. The van der Waals surface area contributed by atoms with E-state index < -0.39 is 28.7 Å². The number of hydrogen-bond donors (Lipinski definition) is 3. The number of carbonyl (C=O) groups is 1. The first-order valence-corrected chi connectivity index (χ1v) is 9.39. The Balaban J connectivity index is 1.91. The lowest BCUT2D eigenvalue weighted by Crippen LogP contribution is -2.40. The summed E-state index contributed by atoms with van der Waals surface area (Å²) >= 11 is 0. The summed E-state index contributed by atoms with van der Waals surface area (Å²) in [6.07, 6.45) is -3.77. The molecule has 1 unspecified atom stereocenters. The Kier molecular flexibility index (Phi) is 5.05. The molecule has 0 radical (unpaired) electrons. The zero-order valence-electron chi connectivity index (χ0n) is 16.8. The number of rotatable bonds is 4. The van der Waals surface area contributed by atoms with E-state index >= 15 is 0 Å². The number of fused-ring (bicyclic) bond motifs is 1. The van der Waals surface area contributed by atoms with Crippen LogP contribution in [0.5, 0.6) is 0 Å². The highest BCUT2D eigenvalue weighted by molar-refractivity contribution is 5.81. The largest absolute Gasteiger partial charge is 0.480 e. The van der Waals surface area contributed by atoms with Gasteiger partial charge in [-0.3, -0.25) is 0 Å². The van der Waals surface area contributed by atoms with Crippen LogP contribution in [-0.2, 0) is 16.4 Å². The van der Waals surface area contributed by atoms with Crippen LogP contribution in [0.4, 0.5) is 24.5 Å². The molecule has 1 aliphatic heterocycles. The predicted octanol–water partition coefficient (Wildman–Crippen LogP) is 5.82. The molecule has 1 atom stereocenters. The van der Waals surface area contributed by atoms with E-state index in [2.05, 4.69) is 10.6 Å². The van der Waals surface area contributed by atoms with E-state index in [-0.39, 0.29) is 6.04 Å². The van der Waals surface area contributed by atoms with Gasteiger partial charge < -0.3 is 15.7 Å². The normalized spacial score (nSPS) is 18.5. The Morgan fingerprint density at radius 2 is 1.86 bits per heavy atom. The summed E-state index contributed by atoms with van der Waals surface area (Å²) in [7, 11) is 0. The molecule has 0 aliphatic carbocycles. The second-order valence-electron chi connectivity index (χ2n) is 8.72. The van der Waals surface area contributed by atoms with Crippen molar-refractivity contribution >= 4 is 17.3 Å². The Morgan fingerprint density at radius 3 is 2.48 bits per heavy atom. The lowest BCUT2D eigenvalue weighted by Gasteiger charge is -2.39. The van der Waals surface area contributed by atoms with Gasteiger partial charge in [0.05, 0.1) is 11.6 Å². The van der Waals surface area contributed by atoms with Gasteiger partial charge in [-0.1, -0.05) is 26.0 Å². The van der Waals surface area contributed by atoms with Gasteiger partial charge in [-0.05, 0) is 67.1 Å². The van der Waals surface area contributed by atoms with Crippen LogP contribution in [0.3, 0.4) is 0 Å². The van der Waals surface area contributed by atoms with Crippen molar-refractivity contribution in [2.24, 2.45) is 0 Å². The molecular weight excluding hydrogens is 381 g/mol. The summed E-state index contributed by atoms with van der Waals surface area (Å²) in [4.78, 5) is 11.4. The molecule has 0 saturated heterocycles. The van der Waals surface area contributed by atoms with Crippen molar-refractivity contribution in [2.75, 3.05) is 10.6 Å². The highest BCUT2D eigenvalue weighted by Crippen LogP contribution is 2.46. The van der Waals surface area contributed by atoms with Crippen LogP contribution < -0.4 is 10.6 Å². The van der Waals surface area contributed by atoms with Crippen molar-refractivity contribution < 1.29 is 23.1 Å².